The third kappa shape index (κ3) is 6.67. The van der Waals surface area contributed by atoms with Gasteiger partial charge in [-0.2, -0.15) is 10.1 Å². The summed E-state index contributed by atoms with van der Waals surface area (Å²) in [4.78, 5) is 17.7. The van der Waals surface area contributed by atoms with Gasteiger partial charge in [-0.15, -0.1) is 0 Å². The Hall–Kier alpha value is -4.52. The van der Waals surface area contributed by atoms with Gasteiger partial charge in [-0.3, -0.25) is 5.10 Å². The number of hydrogen-bond donors (Lipinski definition) is 2. The van der Waals surface area contributed by atoms with E-state index in [1.807, 2.05) is 72.5 Å². The Labute approximate surface area is 284 Å². The topological polar surface area (TPSA) is 113 Å². The normalized spacial score (nSPS) is 11.3. The molecule has 13 heteroatoms. The molecule has 0 spiro atoms. The molecule has 0 aliphatic carbocycles. The molecule has 6 rings (SSSR count). The molecule has 0 aliphatic rings. The minimum Gasteiger partial charge on any atom is -0.497 e. The lowest BCUT2D eigenvalue weighted by Gasteiger charge is -2.29. The Balaban J connectivity index is 1.44. The van der Waals surface area contributed by atoms with Crippen molar-refractivity contribution in [1.82, 2.24) is 25.1 Å². The SMILES string of the molecule is COc1ccc(CN(Cc2ccc(OC)cc2)c2ncccc2CN(CCO)c2nc(Cl)nc3c(F)c(Br)c4c(C)[nH]nc4c23)cc1. The molecule has 0 unspecified atom stereocenters. The van der Waals surface area contributed by atoms with E-state index in [9.17, 15) is 5.11 Å². The van der Waals surface area contributed by atoms with Gasteiger partial charge in [0.2, 0.25) is 5.28 Å². The molecule has 6 aromatic rings. The standard InChI is InChI=1S/C34H32BrClFN7O3/c1-20-26-28(35)29(37)31-27(30(26)42-41-20)33(40-34(36)39-31)43(15-16-45)19-23-5-4-14-38-32(23)44(17-21-6-10-24(46-2)11-7-21)18-22-8-12-25(47-3)13-9-22/h4-14,45H,15-19H2,1-3H3,(H,41,42). The third-order valence-electron chi connectivity index (χ3n) is 7.93. The van der Waals surface area contributed by atoms with Gasteiger partial charge in [-0.1, -0.05) is 30.3 Å². The molecular formula is C34H32BrClFN7O3. The van der Waals surface area contributed by atoms with Crippen LogP contribution in [-0.4, -0.2) is 57.6 Å². The number of nitrogens with zero attached hydrogens (tertiary/aromatic N) is 6. The average molecular weight is 721 g/mol. The molecule has 47 heavy (non-hydrogen) atoms. The van der Waals surface area contributed by atoms with E-state index < -0.39 is 5.82 Å². The number of aliphatic hydroxyl groups is 1. The van der Waals surface area contributed by atoms with Crippen molar-refractivity contribution in [2.24, 2.45) is 0 Å². The molecule has 3 heterocycles. The molecule has 0 saturated heterocycles. The highest BCUT2D eigenvalue weighted by Crippen LogP contribution is 2.40. The van der Waals surface area contributed by atoms with Crippen LogP contribution in [-0.2, 0) is 19.6 Å². The number of aromatic nitrogens is 5. The number of aliphatic hydroxyl groups excluding tert-OH is 1. The van der Waals surface area contributed by atoms with Gasteiger partial charge in [0.15, 0.2) is 5.82 Å². The molecule has 0 radical (unpaired) electrons. The number of fused-ring (bicyclic) bond motifs is 3. The van der Waals surface area contributed by atoms with Crippen LogP contribution < -0.4 is 19.3 Å². The number of pyridine rings is 1. The molecule has 0 amide bonds. The van der Waals surface area contributed by atoms with E-state index in [1.54, 1.807) is 20.4 Å². The number of aryl methyl sites for hydroxylation is 1. The van der Waals surface area contributed by atoms with Crippen molar-refractivity contribution in [2.75, 3.05) is 37.2 Å². The third-order valence-corrected chi connectivity index (χ3v) is 8.84. The largest absolute Gasteiger partial charge is 0.497 e. The van der Waals surface area contributed by atoms with Gasteiger partial charge in [0.25, 0.3) is 0 Å². The molecule has 10 nitrogen and oxygen atoms in total. The van der Waals surface area contributed by atoms with Crippen LogP contribution in [0.25, 0.3) is 21.8 Å². The first kappa shape index (κ1) is 32.4. The number of nitrogens with one attached hydrogen (secondary N) is 1. The van der Waals surface area contributed by atoms with E-state index in [0.717, 1.165) is 34.0 Å². The van der Waals surface area contributed by atoms with Gasteiger partial charge < -0.3 is 24.4 Å². The summed E-state index contributed by atoms with van der Waals surface area (Å²) in [5.41, 5.74) is 4.19. The second-order valence-corrected chi connectivity index (χ2v) is 12.1. The summed E-state index contributed by atoms with van der Waals surface area (Å²) in [6.45, 7) is 3.17. The Morgan fingerprint density at radius 3 is 2.09 bits per heavy atom. The molecule has 0 saturated carbocycles. The highest BCUT2D eigenvalue weighted by atomic mass is 79.9. The summed E-state index contributed by atoms with van der Waals surface area (Å²) < 4.78 is 26.7. The lowest BCUT2D eigenvalue weighted by molar-refractivity contribution is 0.301. The molecule has 0 atom stereocenters. The molecule has 3 aromatic carbocycles. The monoisotopic (exact) mass is 719 g/mol. The van der Waals surface area contributed by atoms with Crippen LogP contribution in [0.4, 0.5) is 16.0 Å². The first-order valence-corrected chi connectivity index (χ1v) is 16.0. The van der Waals surface area contributed by atoms with Crippen LogP contribution in [0.1, 0.15) is 22.4 Å². The lowest BCUT2D eigenvalue weighted by atomic mass is 10.1. The Morgan fingerprint density at radius 1 is 0.851 bits per heavy atom. The highest BCUT2D eigenvalue weighted by Gasteiger charge is 2.26. The molecule has 242 valence electrons. The predicted molar refractivity (Wildman–Crippen MR) is 185 cm³/mol. The van der Waals surface area contributed by atoms with Crippen molar-refractivity contribution in [3.63, 3.8) is 0 Å². The van der Waals surface area contributed by atoms with Gasteiger partial charge in [0, 0.05) is 49.0 Å². The average Bonchev–Trinajstić information content (AvgIpc) is 3.48. The first-order valence-electron chi connectivity index (χ1n) is 14.8. The van der Waals surface area contributed by atoms with Gasteiger partial charge in [-0.05, 0) is 75.9 Å². The number of rotatable bonds is 12. The van der Waals surface area contributed by atoms with E-state index in [1.165, 1.54) is 0 Å². The molecular weight excluding hydrogens is 689 g/mol. The Morgan fingerprint density at radius 2 is 1.49 bits per heavy atom. The Bertz CT molecular complexity index is 1980. The van der Waals surface area contributed by atoms with Crippen LogP contribution >= 0.6 is 27.5 Å². The van der Waals surface area contributed by atoms with Gasteiger partial charge in [0.05, 0.1) is 30.7 Å². The van der Waals surface area contributed by atoms with E-state index in [-0.39, 0.29) is 35.0 Å². The van der Waals surface area contributed by atoms with E-state index in [2.05, 4.69) is 41.0 Å². The van der Waals surface area contributed by atoms with E-state index >= 15 is 4.39 Å². The minimum atomic E-state index is -0.571. The smallest absolute Gasteiger partial charge is 0.225 e. The zero-order valence-corrected chi connectivity index (χ0v) is 28.3. The van der Waals surface area contributed by atoms with Crippen LogP contribution in [0.5, 0.6) is 11.5 Å². The maximum absolute atomic E-state index is 15.8. The maximum atomic E-state index is 15.8. The van der Waals surface area contributed by atoms with Crippen molar-refractivity contribution >= 4 is 61.0 Å². The quantitative estimate of drug-likeness (QED) is 0.129. The molecule has 0 aliphatic heterocycles. The molecule has 0 fully saturated rings. The summed E-state index contributed by atoms with van der Waals surface area (Å²) in [6.07, 6.45) is 1.75. The van der Waals surface area contributed by atoms with Crippen molar-refractivity contribution in [2.45, 2.75) is 26.6 Å². The van der Waals surface area contributed by atoms with Crippen LogP contribution in [0.3, 0.4) is 0 Å². The van der Waals surface area contributed by atoms with Crippen molar-refractivity contribution in [3.8, 4) is 11.5 Å². The number of halogens is 3. The van der Waals surface area contributed by atoms with Gasteiger partial charge in [-0.25, -0.2) is 14.4 Å². The van der Waals surface area contributed by atoms with Gasteiger partial charge in [0.1, 0.15) is 34.2 Å². The zero-order chi connectivity index (χ0) is 33.1. The summed E-state index contributed by atoms with van der Waals surface area (Å²) >= 11 is 9.78. The molecule has 2 N–H and O–H groups in total. The predicted octanol–water partition coefficient (Wildman–Crippen LogP) is 6.99. The summed E-state index contributed by atoms with van der Waals surface area (Å²) in [7, 11) is 3.28. The maximum Gasteiger partial charge on any atom is 0.225 e. The van der Waals surface area contributed by atoms with Crippen molar-refractivity contribution in [1.29, 1.82) is 0 Å². The van der Waals surface area contributed by atoms with Crippen molar-refractivity contribution in [3.05, 3.63) is 105 Å². The Kier molecular flexibility index (Phi) is 9.71. The van der Waals surface area contributed by atoms with E-state index in [4.69, 9.17) is 26.1 Å². The molecule has 3 aromatic heterocycles. The van der Waals surface area contributed by atoms with Crippen LogP contribution in [0.15, 0.2) is 71.3 Å². The molecule has 0 bridgehead atoms. The summed E-state index contributed by atoms with van der Waals surface area (Å²) in [5, 5.41) is 18.5. The minimum absolute atomic E-state index is 0.0286. The fourth-order valence-electron chi connectivity index (χ4n) is 5.65. The zero-order valence-electron chi connectivity index (χ0n) is 26.0. The second-order valence-electron chi connectivity index (χ2n) is 10.9. The number of benzene rings is 3. The number of aromatic amines is 1. The lowest BCUT2D eigenvalue weighted by Crippen LogP contribution is -2.30. The highest BCUT2D eigenvalue weighted by molar-refractivity contribution is 9.10. The summed E-state index contributed by atoms with van der Waals surface area (Å²) in [5.74, 6) is 2.06. The number of methoxy groups -OCH3 is 2. The fraction of sp³-hybridized carbons (Fsp3) is 0.235. The van der Waals surface area contributed by atoms with Crippen LogP contribution in [0.2, 0.25) is 5.28 Å². The van der Waals surface area contributed by atoms with Gasteiger partial charge >= 0.3 is 0 Å². The first-order chi connectivity index (χ1) is 22.8. The fourth-order valence-corrected chi connectivity index (χ4v) is 6.49. The second kappa shape index (κ2) is 14.1. The number of hydrogen-bond acceptors (Lipinski definition) is 9. The van der Waals surface area contributed by atoms with Crippen molar-refractivity contribution < 1.29 is 19.0 Å². The van der Waals surface area contributed by atoms with E-state index in [0.29, 0.717) is 40.9 Å². The summed E-state index contributed by atoms with van der Waals surface area (Å²) in [6, 6.07) is 19.7. The number of ether oxygens (including phenoxy) is 2. The number of anilines is 2. The number of H-pyrrole nitrogens is 1. The van der Waals surface area contributed by atoms with Crippen LogP contribution in [0, 0.1) is 12.7 Å².